The van der Waals surface area contributed by atoms with Crippen molar-refractivity contribution in [3.63, 3.8) is 0 Å². The highest BCUT2D eigenvalue weighted by Crippen LogP contribution is 2.26. The third-order valence-electron chi connectivity index (χ3n) is 4.14. The van der Waals surface area contributed by atoms with E-state index in [1.807, 2.05) is 14.0 Å². The lowest BCUT2D eigenvalue weighted by Crippen LogP contribution is -2.40. The second-order valence-electron chi connectivity index (χ2n) is 6.11. The fourth-order valence-corrected chi connectivity index (χ4v) is 3.31. The molecule has 0 saturated heterocycles. The van der Waals surface area contributed by atoms with Crippen LogP contribution in [0.15, 0.2) is 40.7 Å². The zero-order chi connectivity index (χ0) is 19.6. The van der Waals surface area contributed by atoms with Crippen LogP contribution in [0.5, 0.6) is 11.5 Å². The molecule has 2 N–H and O–H groups in total. The number of hydrogen-bond donors (Lipinski definition) is 2. The molecule has 0 fully saturated rings. The first kappa shape index (κ1) is 21.1. The fraction of sp³-hybridized carbons (Fsp3) is 0.450. The highest BCUT2D eigenvalue weighted by Gasteiger charge is 2.13. The van der Waals surface area contributed by atoms with Gasteiger partial charge in [0.2, 0.25) is 0 Å². The van der Waals surface area contributed by atoms with Crippen molar-refractivity contribution in [2.45, 2.75) is 19.4 Å². The third kappa shape index (κ3) is 6.45. The number of methoxy groups -OCH3 is 2. The van der Waals surface area contributed by atoms with Crippen LogP contribution in [0.3, 0.4) is 0 Å². The molecular formula is C20H29N3O3S. The van der Waals surface area contributed by atoms with Crippen LogP contribution in [0.1, 0.15) is 23.5 Å². The lowest BCUT2D eigenvalue weighted by Gasteiger charge is -2.22. The van der Waals surface area contributed by atoms with Gasteiger partial charge in [0.05, 0.1) is 26.9 Å². The van der Waals surface area contributed by atoms with Crippen LogP contribution in [0.25, 0.3) is 0 Å². The minimum Gasteiger partial charge on any atom is -0.497 e. The molecule has 1 aromatic carbocycles. The van der Waals surface area contributed by atoms with E-state index >= 15 is 0 Å². The number of aliphatic hydroxyl groups is 1. The Hall–Kier alpha value is -2.25. The molecule has 0 radical (unpaired) electrons. The average molecular weight is 392 g/mol. The maximum absolute atomic E-state index is 10.6. The van der Waals surface area contributed by atoms with Gasteiger partial charge < -0.3 is 24.8 Å². The van der Waals surface area contributed by atoms with Crippen molar-refractivity contribution in [2.75, 3.05) is 40.9 Å². The van der Waals surface area contributed by atoms with Crippen LogP contribution in [0.4, 0.5) is 0 Å². The number of benzene rings is 1. The molecule has 1 atom stereocenters. The molecule has 27 heavy (non-hydrogen) atoms. The maximum Gasteiger partial charge on any atom is 0.193 e. The molecule has 2 rings (SSSR count). The Morgan fingerprint density at radius 3 is 2.52 bits per heavy atom. The molecule has 0 saturated carbocycles. The Kier molecular flexibility index (Phi) is 8.42. The second-order valence-corrected chi connectivity index (χ2v) is 7.14. The fourth-order valence-electron chi connectivity index (χ4n) is 2.61. The van der Waals surface area contributed by atoms with Crippen LogP contribution >= 0.6 is 11.3 Å². The predicted molar refractivity (Wildman–Crippen MR) is 111 cm³/mol. The number of rotatable bonds is 9. The Morgan fingerprint density at radius 2 is 1.96 bits per heavy atom. The number of guanidine groups is 1. The molecule has 1 unspecified atom stereocenters. The monoisotopic (exact) mass is 391 g/mol. The number of hydrogen-bond acceptors (Lipinski definition) is 5. The summed E-state index contributed by atoms with van der Waals surface area (Å²) in [5.74, 6) is 2.07. The molecule has 0 aliphatic heterocycles. The van der Waals surface area contributed by atoms with Crippen molar-refractivity contribution >= 4 is 17.3 Å². The van der Waals surface area contributed by atoms with Crippen LogP contribution in [0.2, 0.25) is 0 Å². The lowest BCUT2D eigenvalue weighted by atomic mass is 10.1. The van der Waals surface area contributed by atoms with Gasteiger partial charge in [-0.05, 0) is 42.5 Å². The van der Waals surface area contributed by atoms with Crippen molar-refractivity contribution in [1.82, 2.24) is 10.2 Å². The summed E-state index contributed by atoms with van der Waals surface area (Å²) in [5.41, 5.74) is 0.715. The van der Waals surface area contributed by atoms with Gasteiger partial charge in [0.25, 0.3) is 0 Å². The first-order valence-electron chi connectivity index (χ1n) is 9.00. The van der Waals surface area contributed by atoms with E-state index in [9.17, 15) is 5.11 Å². The number of nitrogens with one attached hydrogen (secondary N) is 1. The van der Waals surface area contributed by atoms with Gasteiger partial charge >= 0.3 is 0 Å². The first-order chi connectivity index (χ1) is 13.1. The van der Waals surface area contributed by atoms with E-state index in [0.29, 0.717) is 17.1 Å². The van der Waals surface area contributed by atoms with Gasteiger partial charge in [0, 0.05) is 31.1 Å². The van der Waals surface area contributed by atoms with E-state index < -0.39 is 6.10 Å². The smallest absolute Gasteiger partial charge is 0.193 e. The molecule has 0 amide bonds. The average Bonchev–Trinajstić information content (AvgIpc) is 3.22. The van der Waals surface area contributed by atoms with E-state index in [0.717, 1.165) is 25.5 Å². The van der Waals surface area contributed by atoms with Crippen LogP contribution in [0, 0.1) is 0 Å². The molecular weight excluding hydrogens is 362 g/mol. The van der Waals surface area contributed by atoms with E-state index in [4.69, 9.17) is 9.47 Å². The maximum atomic E-state index is 10.6. The van der Waals surface area contributed by atoms with E-state index in [1.54, 1.807) is 43.8 Å². The summed E-state index contributed by atoms with van der Waals surface area (Å²) in [7, 11) is 5.19. The van der Waals surface area contributed by atoms with E-state index in [2.05, 4.69) is 32.7 Å². The van der Waals surface area contributed by atoms with Gasteiger partial charge in [-0.1, -0.05) is 6.07 Å². The number of ether oxygens (including phenoxy) is 2. The van der Waals surface area contributed by atoms with Crippen molar-refractivity contribution in [1.29, 1.82) is 0 Å². The first-order valence-corrected chi connectivity index (χ1v) is 9.88. The normalized spacial score (nSPS) is 12.6. The molecule has 0 aliphatic rings. The lowest BCUT2D eigenvalue weighted by molar-refractivity contribution is 0.185. The van der Waals surface area contributed by atoms with Crippen LogP contribution in [-0.4, -0.2) is 56.9 Å². The van der Waals surface area contributed by atoms with E-state index in [-0.39, 0.29) is 6.54 Å². The number of nitrogens with zero attached hydrogens (tertiary/aromatic N) is 2. The highest BCUT2D eigenvalue weighted by molar-refractivity contribution is 7.09. The third-order valence-corrected chi connectivity index (χ3v) is 5.08. The van der Waals surface area contributed by atoms with Gasteiger partial charge in [-0.2, -0.15) is 0 Å². The summed E-state index contributed by atoms with van der Waals surface area (Å²) in [6.07, 6.45) is 0.224. The van der Waals surface area contributed by atoms with Crippen molar-refractivity contribution in [2.24, 2.45) is 4.99 Å². The molecule has 6 nitrogen and oxygen atoms in total. The summed E-state index contributed by atoms with van der Waals surface area (Å²) < 4.78 is 10.5. The minimum atomic E-state index is -0.742. The zero-order valence-corrected chi connectivity index (χ0v) is 17.3. The molecule has 1 aromatic heterocycles. The standard InChI is InChI=1S/C20H29N3O3S/c1-5-21-20(23(2)9-8-18-7-6-10-27-18)22-14-19(24)15-11-16(25-3)13-17(12-15)26-4/h6-7,10-13,19,24H,5,8-9,14H2,1-4H3,(H,21,22). The predicted octanol–water partition coefficient (Wildman–Crippen LogP) is 2.94. The second kappa shape index (κ2) is 10.8. The van der Waals surface area contributed by atoms with Gasteiger partial charge in [0.15, 0.2) is 5.96 Å². The Labute approximate surface area is 165 Å². The van der Waals surface area contributed by atoms with Crippen molar-refractivity contribution in [3.8, 4) is 11.5 Å². The SMILES string of the molecule is CCNC(=NCC(O)c1cc(OC)cc(OC)c1)N(C)CCc1cccs1. The molecule has 7 heteroatoms. The topological polar surface area (TPSA) is 66.3 Å². The summed E-state index contributed by atoms with van der Waals surface area (Å²) in [4.78, 5) is 8.04. The number of likely N-dealkylation sites (N-methyl/N-ethyl adjacent to an activating group) is 1. The van der Waals surface area contributed by atoms with E-state index in [1.165, 1.54) is 4.88 Å². The molecule has 148 valence electrons. The largest absolute Gasteiger partial charge is 0.497 e. The minimum absolute atomic E-state index is 0.252. The molecule has 0 aliphatic carbocycles. The summed E-state index contributed by atoms with van der Waals surface area (Å²) in [6.45, 7) is 3.91. The Balaban J connectivity index is 2.04. The summed E-state index contributed by atoms with van der Waals surface area (Å²) >= 11 is 1.76. The van der Waals surface area contributed by atoms with Gasteiger partial charge in [0.1, 0.15) is 11.5 Å². The summed E-state index contributed by atoms with van der Waals surface area (Å²) in [6, 6.07) is 9.59. The van der Waals surface area contributed by atoms with Crippen LogP contribution in [-0.2, 0) is 6.42 Å². The molecule has 2 aromatic rings. The van der Waals surface area contributed by atoms with Gasteiger partial charge in [-0.25, -0.2) is 0 Å². The van der Waals surface area contributed by atoms with Gasteiger partial charge in [-0.15, -0.1) is 11.3 Å². The Morgan fingerprint density at radius 1 is 1.26 bits per heavy atom. The molecule has 0 spiro atoms. The zero-order valence-electron chi connectivity index (χ0n) is 16.4. The highest BCUT2D eigenvalue weighted by atomic mass is 32.1. The molecule has 0 bridgehead atoms. The van der Waals surface area contributed by atoms with Crippen molar-refractivity contribution in [3.05, 3.63) is 46.2 Å². The number of aliphatic hydroxyl groups excluding tert-OH is 1. The molecule has 1 heterocycles. The van der Waals surface area contributed by atoms with Crippen molar-refractivity contribution < 1.29 is 14.6 Å². The Bertz CT molecular complexity index is 697. The van der Waals surface area contributed by atoms with Gasteiger partial charge in [-0.3, -0.25) is 4.99 Å². The summed E-state index contributed by atoms with van der Waals surface area (Å²) in [5, 5.41) is 16.0. The van der Waals surface area contributed by atoms with Crippen LogP contribution < -0.4 is 14.8 Å². The quantitative estimate of drug-likeness (QED) is 0.508. The number of thiophene rings is 1. The number of aliphatic imine (C=N–C) groups is 1.